The molecule has 0 saturated heterocycles. The van der Waals surface area contributed by atoms with E-state index in [0.29, 0.717) is 23.0 Å². The van der Waals surface area contributed by atoms with E-state index >= 15 is 0 Å². The Labute approximate surface area is 170 Å². The van der Waals surface area contributed by atoms with Crippen LogP contribution in [-0.4, -0.2) is 4.98 Å². The van der Waals surface area contributed by atoms with Crippen molar-refractivity contribution in [2.24, 2.45) is 0 Å². The second kappa shape index (κ2) is 8.32. The second-order valence-electron chi connectivity index (χ2n) is 5.96. The molecule has 0 aliphatic rings. The average molecular weight is 421 g/mol. The van der Waals surface area contributed by atoms with Crippen LogP contribution in [0.5, 0.6) is 11.5 Å². The standard InChI is InChI=1S/C20H16ClF3N4O/c1-12(28-14-4-7-18(21)17(10-14)20(22,23)24)27-13-2-5-15(6-3-13)29-16-8-9-26-19(25)11-16/h2-11,27-28H,1H2,(H2,25,26). The summed E-state index contributed by atoms with van der Waals surface area (Å²) in [5, 5.41) is 5.37. The third kappa shape index (κ3) is 5.55. The molecule has 0 fully saturated rings. The van der Waals surface area contributed by atoms with Crippen LogP contribution in [0.25, 0.3) is 0 Å². The minimum absolute atomic E-state index is 0.203. The van der Waals surface area contributed by atoms with Crippen LogP contribution >= 0.6 is 11.6 Å². The normalized spacial score (nSPS) is 11.0. The molecule has 0 aliphatic carbocycles. The molecule has 0 bridgehead atoms. The number of halogens is 4. The van der Waals surface area contributed by atoms with Crippen molar-refractivity contribution >= 4 is 28.8 Å². The van der Waals surface area contributed by atoms with Crippen LogP contribution in [0, 0.1) is 0 Å². The first-order valence-electron chi connectivity index (χ1n) is 8.30. The quantitative estimate of drug-likeness (QED) is 0.448. The Morgan fingerprint density at radius 2 is 1.62 bits per heavy atom. The van der Waals surface area contributed by atoms with Crippen molar-refractivity contribution in [3.8, 4) is 11.5 Å². The lowest BCUT2D eigenvalue weighted by Crippen LogP contribution is -2.10. The zero-order valence-corrected chi connectivity index (χ0v) is 15.7. The minimum Gasteiger partial charge on any atom is -0.457 e. The van der Waals surface area contributed by atoms with Crippen LogP contribution < -0.4 is 21.1 Å². The number of rotatable bonds is 6. The first-order valence-corrected chi connectivity index (χ1v) is 8.67. The number of nitrogens with two attached hydrogens (primary N) is 1. The van der Waals surface area contributed by atoms with E-state index in [-0.39, 0.29) is 16.5 Å². The number of anilines is 3. The zero-order valence-electron chi connectivity index (χ0n) is 14.9. The Morgan fingerprint density at radius 1 is 0.966 bits per heavy atom. The highest BCUT2D eigenvalue weighted by atomic mass is 35.5. The lowest BCUT2D eigenvalue weighted by Gasteiger charge is -2.15. The fourth-order valence-corrected chi connectivity index (χ4v) is 2.66. The van der Waals surface area contributed by atoms with Crippen LogP contribution in [0.4, 0.5) is 30.4 Å². The second-order valence-corrected chi connectivity index (χ2v) is 6.37. The molecule has 0 unspecified atom stereocenters. The van der Waals surface area contributed by atoms with Gasteiger partial charge in [-0.15, -0.1) is 0 Å². The maximum Gasteiger partial charge on any atom is 0.417 e. The van der Waals surface area contributed by atoms with E-state index in [1.807, 2.05) is 0 Å². The lowest BCUT2D eigenvalue weighted by molar-refractivity contribution is -0.137. The maximum absolute atomic E-state index is 13.0. The van der Waals surface area contributed by atoms with Gasteiger partial charge in [-0.25, -0.2) is 4.98 Å². The largest absolute Gasteiger partial charge is 0.457 e. The molecular formula is C20H16ClF3N4O. The number of pyridine rings is 1. The smallest absolute Gasteiger partial charge is 0.417 e. The van der Waals surface area contributed by atoms with Crippen molar-refractivity contribution in [1.29, 1.82) is 0 Å². The van der Waals surface area contributed by atoms with Gasteiger partial charge in [0, 0.05) is 23.6 Å². The Balaban J connectivity index is 1.62. The van der Waals surface area contributed by atoms with Crippen LogP contribution in [-0.2, 0) is 6.18 Å². The first-order chi connectivity index (χ1) is 13.7. The molecule has 3 rings (SSSR count). The molecular weight excluding hydrogens is 405 g/mol. The molecule has 3 aromatic rings. The van der Waals surface area contributed by atoms with E-state index in [0.717, 1.165) is 6.07 Å². The molecule has 0 atom stereocenters. The summed E-state index contributed by atoms with van der Waals surface area (Å²) < 4.78 is 44.5. The van der Waals surface area contributed by atoms with Gasteiger partial charge in [-0.2, -0.15) is 13.2 Å². The summed E-state index contributed by atoms with van der Waals surface area (Å²) in [6, 6.07) is 13.7. The summed E-state index contributed by atoms with van der Waals surface area (Å²) >= 11 is 5.62. The number of hydrogen-bond acceptors (Lipinski definition) is 5. The Hall–Kier alpha value is -3.39. The van der Waals surface area contributed by atoms with Crippen molar-refractivity contribution in [1.82, 2.24) is 4.98 Å². The summed E-state index contributed by atoms with van der Waals surface area (Å²) in [5.41, 5.74) is 5.55. The summed E-state index contributed by atoms with van der Waals surface area (Å²) in [7, 11) is 0. The van der Waals surface area contributed by atoms with Gasteiger partial charge in [-0.3, -0.25) is 0 Å². The number of alkyl halides is 3. The highest BCUT2D eigenvalue weighted by Gasteiger charge is 2.33. The van der Waals surface area contributed by atoms with Gasteiger partial charge in [0.25, 0.3) is 0 Å². The Morgan fingerprint density at radius 3 is 2.28 bits per heavy atom. The van der Waals surface area contributed by atoms with Gasteiger partial charge in [-0.1, -0.05) is 18.2 Å². The van der Waals surface area contributed by atoms with E-state index in [4.69, 9.17) is 22.1 Å². The number of ether oxygens (including phenoxy) is 1. The topological polar surface area (TPSA) is 72.2 Å². The fourth-order valence-electron chi connectivity index (χ4n) is 2.43. The molecule has 4 N–H and O–H groups in total. The number of benzene rings is 2. The van der Waals surface area contributed by atoms with Gasteiger partial charge in [-0.05, 0) is 48.5 Å². The van der Waals surface area contributed by atoms with E-state index in [1.165, 1.54) is 18.3 Å². The Bertz CT molecular complexity index is 1020. The third-order valence-electron chi connectivity index (χ3n) is 3.70. The van der Waals surface area contributed by atoms with E-state index < -0.39 is 11.7 Å². The van der Waals surface area contributed by atoms with Gasteiger partial charge < -0.3 is 21.1 Å². The highest BCUT2D eigenvalue weighted by molar-refractivity contribution is 6.31. The molecule has 0 aliphatic heterocycles. The first kappa shape index (κ1) is 20.3. The van der Waals surface area contributed by atoms with Crippen molar-refractivity contribution in [2.75, 3.05) is 16.4 Å². The average Bonchev–Trinajstić information content (AvgIpc) is 2.64. The minimum atomic E-state index is -4.54. The summed E-state index contributed by atoms with van der Waals surface area (Å²) in [6.45, 7) is 3.77. The van der Waals surface area contributed by atoms with Gasteiger partial charge in [0.05, 0.1) is 10.6 Å². The molecule has 5 nitrogen and oxygen atoms in total. The maximum atomic E-state index is 13.0. The summed E-state index contributed by atoms with van der Waals surface area (Å²) in [6.07, 6.45) is -3.00. The molecule has 1 heterocycles. The van der Waals surface area contributed by atoms with Gasteiger partial charge in [0.2, 0.25) is 0 Å². The molecule has 0 saturated carbocycles. The van der Waals surface area contributed by atoms with E-state index in [2.05, 4.69) is 22.2 Å². The molecule has 0 amide bonds. The van der Waals surface area contributed by atoms with Crippen LogP contribution in [0.15, 0.2) is 73.2 Å². The SMILES string of the molecule is C=C(Nc1ccc(Oc2ccnc(N)c2)cc1)Nc1ccc(Cl)c(C(F)(F)F)c1. The number of aromatic nitrogens is 1. The molecule has 150 valence electrons. The lowest BCUT2D eigenvalue weighted by atomic mass is 10.2. The molecule has 2 aromatic carbocycles. The molecule has 29 heavy (non-hydrogen) atoms. The molecule has 0 spiro atoms. The van der Waals surface area contributed by atoms with E-state index in [1.54, 1.807) is 36.4 Å². The van der Waals surface area contributed by atoms with E-state index in [9.17, 15) is 13.2 Å². The number of nitrogens with one attached hydrogen (secondary N) is 2. The Kier molecular flexibility index (Phi) is 5.84. The van der Waals surface area contributed by atoms with Gasteiger partial charge in [0.1, 0.15) is 23.1 Å². The third-order valence-corrected chi connectivity index (χ3v) is 4.03. The van der Waals surface area contributed by atoms with Crippen LogP contribution in [0.3, 0.4) is 0 Å². The fraction of sp³-hybridized carbons (Fsp3) is 0.0500. The number of nitrogen functional groups attached to an aromatic ring is 1. The van der Waals surface area contributed by atoms with Crippen LogP contribution in [0.1, 0.15) is 5.56 Å². The molecule has 1 aromatic heterocycles. The predicted molar refractivity (Wildman–Crippen MR) is 108 cm³/mol. The zero-order chi connectivity index (χ0) is 21.0. The van der Waals surface area contributed by atoms with Crippen molar-refractivity contribution in [2.45, 2.75) is 6.18 Å². The van der Waals surface area contributed by atoms with Gasteiger partial charge in [0.15, 0.2) is 0 Å². The highest BCUT2D eigenvalue weighted by Crippen LogP contribution is 2.36. The number of nitrogens with zero attached hydrogens (tertiary/aromatic N) is 1. The van der Waals surface area contributed by atoms with Crippen molar-refractivity contribution < 1.29 is 17.9 Å². The molecule has 0 radical (unpaired) electrons. The van der Waals surface area contributed by atoms with Crippen molar-refractivity contribution in [3.63, 3.8) is 0 Å². The van der Waals surface area contributed by atoms with Crippen LogP contribution in [0.2, 0.25) is 5.02 Å². The summed E-state index contributed by atoms with van der Waals surface area (Å²) in [5.74, 6) is 1.76. The summed E-state index contributed by atoms with van der Waals surface area (Å²) in [4.78, 5) is 3.89. The number of hydrogen-bond donors (Lipinski definition) is 3. The van der Waals surface area contributed by atoms with Gasteiger partial charge >= 0.3 is 6.18 Å². The molecule has 9 heteroatoms. The monoisotopic (exact) mass is 420 g/mol. The van der Waals surface area contributed by atoms with Crippen molar-refractivity contribution in [3.05, 3.63) is 83.8 Å². The predicted octanol–water partition coefficient (Wildman–Crippen LogP) is 6.12.